The van der Waals surface area contributed by atoms with Crippen LogP contribution in [0, 0.1) is 0 Å². The van der Waals surface area contributed by atoms with Crippen molar-refractivity contribution >= 4 is 22.3 Å². The van der Waals surface area contributed by atoms with Gasteiger partial charge in [-0.3, -0.25) is 9.78 Å². The van der Waals surface area contributed by atoms with Crippen molar-refractivity contribution in [1.82, 2.24) is 24.8 Å². The number of aromatic nitrogens is 4. The van der Waals surface area contributed by atoms with Crippen LogP contribution in [-0.4, -0.2) is 64.8 Å². The summed E-state index contributed by atoms with van der Waals surface area (Å²) in [7, 11) is 3.34. The summed E-state index contributed by atoms with van der Waals surface area (Å²) in [6, 6.07) is 12.0. The number of nitrogens with one attached hydrogen (secondary N) is 2. The molecule has 1 aromatic carbocycles. The van der Waals surface area contributed by atoms with Crippen LogP contribution in [0.1, 0.15) is 18.4 Å². The van der Waals surface area contributed by atoms with Gasteiger partial charge < -0.3 is 24.7 Å². The third-order valence-electron chi connectivity index (χ3n) is 6.64. The second-order valence-electron chi connectivity index (χ2n) is 8.92. The first kappa shape index (κ1) is 23.9. The van der Waals surface area contributed by atoms with Crippen LogP contribution < -0.4 is 15.6 Å². The number of pyridine rings is 2. The molecular formula is C27H30N6O3. The zero-order valence-electron chi connectivity index (χ0n) is 20.5. The highest BCUT2D eigenvalue weighted by molar-refractivity contribution is 5.94. The maximum Gasteiger partial charge on any atom is 0.259 e. The minimum Gasteiger partial charge on any atom is -0.480 e. The molecule has 4 heterocycles. The predicted octanol–water partition coefficient (Wildman–Crippen LogP) is 3.79. The van der Waals surface area contributed by atoms with Crippen LogP contribution in [0.15, 0.2) is 59.8 Å². The Morgan fingerprint density at radius 2 is 1.86 bits per heavy atom. The smallest absolute Gasteiger partial charge is 0.259 e. The third kappa shape index (κ3) is 5.37. The van der Waals surface area contributed by atoms with Gasteiger partial charge in [0.25, 0.3) is 5.56 Å². The van der Waals surface area contributed by atoms with E-state index < -0.39 is 0 Å². The van der Waals surface area contributed by atoms with E-state index in [0.29, 0.717) is 34.6 Å². The van der Waals surface area contributed by atoms with Crippen molar-refractivity contribution in [2.45, 2.75) is 25.4 Å². The van der Waals surface area contributed by atoms with E-state index in [9.17, 15) is 4.79 Å². The topological polar surface area (TPSA) is 105 Å². The van der Waals surface area contributed by atoms with Gasteiger partial charge in [-0.05, 0) is 54.5 Å². The number of anilines is 2. The van der Waals surface area contributed by atoms with Crippen LogP contribution in [0.3, 0.4) is 0 Å². The summed E-state index contributed by atoms with van der Waals surface area (Å²) in [6.07, 6.45) is 8.38. The first-order valence-electron chi connectivity index (χ1n) is 12.1. The van der Waals surface area contributed by atoms with Crippen molar-refractivity contribution in [1.29, 1.82) is 0 Å². The maximum atomic E-state index is 12.7. The number of hydrogen-bond donors (Lipinski definition) is 2. The number of ether oxygens (including phenoxy) is 2. The van der Waals surface area contributed by atoms with E-state index in [1.165, 1.54) is 11.8 Å². The van der Waals surface area contributed by atoms with Crippen LogP contribution in [0.5, 0.6) is 5.88 Å². The monoisotopic (exact) mass is 486 g/mol. The third-order valence-corrected chi connectivity index (χ3v) is 6.64. The van der Waals surface area contributed by atoms with E-state index in [-0.39, 0.29) is 5.56 Å². The molecule has 186 valence electrons. The molecule has 1 fully saturated rings. The molecular weight excluding hydrogens is 456 g/mol. The fourth-order valence-electron chi connectivity index (χ4n) is 4.55. The molecule has 0 unspecified atom stereocenters. The largest absolute Gasteiger partial charge is 0.480 e. The van der Waals surface area contributed by atoms with Gasteiger partial charge in [0.05, 0.1) is 36.7 Å². The zero-order valence-corrected chi connectivity index (χ0v) is 20.5. The average Bonchev–Trinajstić information content (AvgIpc) is 2.93. The number of fused-ring (bicyclic) bond motifs is 1. The summed E-state index contributed by atoms with van der Waals surface area (Å²) in [6.45, 7) is 3.20. The molecule has 2 N–H and O–H groups in total. The highest BCUT2D eigenvalue weighted by Crippen LogP contribution is 2.27. The molecule has 3 aromatic heterocycles. The summed E-state index contributed by atoms with van der Waals surface area (Å²) in [5.41, 5.74) is 3.07. The first-order chi connectivity index (χ1) is 17.6. The lowest BCUT2D eigenvalue weighted by atomic mass is 10.1. The molecule has 0 spiro atoms. The Morgan fingerprint density at radius 3 is 2.61 bits per heavy atom. The predicted molar refractivity (Wildman–Crippen MR) is 140 cm³/mol. The van der Waals surface area contributed by atoms with Gasteiger partial charge in [0.15, 0.2) is 0 Å². The van der Waals surface area contributed by atoms with Crippen LogP contribution in [0.4, 0.5) is 11.5 Å². The number of benzene rings is 1. The molecule has 1 saturated heterocycles. The fourth-order valence-corrected chi connectivity index (χ4v) is 4.55. The lowest BCUT2D eigenvalue weighted by Crippen LogP contribution is -2.37. The van der Waals surface area contributed by atoms with E-state index in [4.69, 9.17) is 14.5 Å². The number of methoxy groups -OCH3 is 2. The molecule has 0 saturated carbocycles. The van der Waals surface area contributed by atoms with Crippen LogP contribution in [-0.2, 0) is 11.2 Å². The molecule has 36 heavy (non-hydrogen) atoms. The van der Waals surface area contributed by atoms with Gasteiger partial charge in [-0.1, -0.05) is 12.1 Å². The van der Waals surface area contributed by atoms with Gasteiger partial charge in [-0.15, -0.1) is 0 Å². The minimum absolute atomic E-state index is 0.209. The summed E-state index contributed by atoms with van der Waals surface area (Å²) in [4.78, 5) is 31.3. The summed E-state index contributed by atoms with van der Waals surface area (Å²) in [5.74, 6) is 0.858. The van der Waals surface area contributed by atoms with Crippen molar-refractivity contribution in [3.05, 3.63) is 70.9 Å². The fraction of sp³-hybridized carbons (Fsp3) is 0.333. The van der Waals surface area contributed by atoms with E-state index in [2.05, 4.69) is 37.3 Å². The maximum absolute atomic E-state index is 12.7. The highest BCUT2D eigenvalue weighted by atomic mass is 16.5. The molecule has 0 amide bonds. The van der Waals surface area contributed by atoms with Gasteiger partial charge in [-0.25, -0.2) is 9.97 Å². The SMILES string of the molecule is COc1cncc(-c2cc3cc[nH]c(=O)c3c(Nc3ccc(CCN4CCC(OC)CC4)cc3)n2)n1. The summed E-state index contributed by atoms with van der Waals surface area (Å²) >= 11 is 0. The number of rotatable bonds is 8. The molecule has 1 aliphatic heterocycles. The van der Waals surface area contributed by atoms with Gasteiger partial charge in [-0.2, -0.15) is 0 Å². The Bertz CT molecular complexity index is 1380. The van der Waals surface area contributed by atoms with Crippen molar-refractivity contribution in [2.75, 3.05) is 39.2 Å². The van der Waals surface area contributed by atoms with Crippen molar-refractivity contribution in [3.63, 3.8) is 0 Å². The van der Waals surface area contributed by atoms with E-state index in [0.717, 1.165) is 50.0 Å². The number of H-pyrrole nitrogens is 1. The molecule has 0 radical (unpaired) electrons. The molecule has 0 aliphatic carbocycles. The number of likely N-dealkylation sites (tertiary alicyclic amines) is 1. The molecule has 1 aliphatic rings. The zero-order chi connectivity index (χ0) is 24.9. The molecule has 5 rings (SSSR count). The number of hydrogen-bond acceptors (Lipinski definition) is 8. The quantitative estimate of drug-likeness (QED) is 0.388. The number of nitrogens with zero attached hydrogens (tertiary/aromatic N) is 4. The van der Waals surface area contributed by atoms with Crippen molar-refractivity contribution < 1.29 is 9.47 Å². The molecule has 9 heteroatoms. The summed E-state index contributed by atoms with van der Waals surface area (Å²) < 4.78 is 10.7. The first-order valence-corrected chi connectivity index (χ1v) is 12.1. The average molecular weight is 487 g/mol. The Kier molecular flexibility index (Phi) is 7.20. The van der Waals surface area contributed by atoms with E-state index in [1.54, 1.807) is 26.6 Å². The van der Waals surface area contributed by atoms with Gasteiger partial charge >= 0.3 is 0 Å². The highest BCUT2D eigenvalue weighted by Gasteiger charge is 2.18. The van der Waals surface area contributed by atoms with Crippen LogP contribution in [0.25, 0.3) is 22.2 Å². The van der Waals surface area contributed by atoms with Gasteiger partial charge in [0, 0.05) is 38.6 Å². The Balaban J connectivity index is 1.35. The lowest BCUT2D eigenvalue weighted by molar-refractivity contribution is 0.0415. The standard InChI is InChI=1S/C27H30N6O3/c1-35-21-9-13-33(14-10-21)12-8-18-3-5-20(6-4-18)30-26-25-19(7-11-29-27(25)34)15-22(32-26)23-16-28-17-24(31-23)36-2/h3-7,11,15-17,21H,8-10,12-14H2,1-2H3,(H,29,34)(H,30,32). The minimum atomic E-state index is -0.209. The number of aromatic amines is 1. The Morgan fingerprint density at radius 1 is 1.06 bits per heavy atom. The normalized spacial score (nSPS) is 14.7. The molecule has 9 nitrogen and oxygen atoms in total. The van der Waals surface area contributed by atoms with E-state index in [1.807, 2.05) is 24.3 Å². The van der Waals surface area contributed by atoms with Crippen molar-refractivity contribution in [2.24, 2.45) is 0 Å². The van der Waals surface area contributed by atoms with Gasteiger partial charge in [0.2, 0.25) is 5.88 Å². The Hall–Kier alpha value is -3.82. The molecule has 0 bridgehead atoms. The second kappa shape index (κ2) is 10.8. The number of piperidine rings is 1. The Labute approximate surface area is 209 Å². The summed E-state index contributed by atoms with van der Waals surface area (Å²) in [5, 5.41) is 4.58. The van der Waals surface area contributed by atoms with Crippen LogP contribution in [0.2, 0.25) is 0 Å². The van der Waals surface area contributed by atoms with E-state index >= 15 is 0 Å². The van der Waals surface area contributed by atoms with Crippen LogP contribution >= 0.6 is 0 Å². The second-order valence-corrected chi connectivity index (χ2v) is 8.92. The lowest BCUT2D eigenvalue weighted by Gasteiger charge is -2.31. The van der Waals surface area contributed by atoms with Crippen molar-refractivity contribution in [3.8, 4) is 17.3 Å². The van der Waals surface area contributed by atoms with Gasteiger partial charge in [0.1, 0.15) is 11.5 Å². The molecule has 0 atom stereocenters. The molecule has 4 aromatic rings.